The van der Waals surface area contributed by atoms with Gasteiger partial charge in [-0.3, -0.25) is 4.79 Å². The standard InChI is InChI=1S/C10H18N2O4S/c13-9(12-7-10(14)5-11-6-10)3-8-1-2-17(15,16)4-8/h8,11,14H,1-7H2,(H,12,13). The minimum atomic E-state index is -2.92. The van der Waals surface area contributed by atoms with E-state index in [1.165, 1.54) is 0 Å². The van der Waals surface area contributed by atoms with Crippen molar-refractivity contribution in [2.24, 2.45) is 5.92 Å². The highest BCUT2D eigenvalue weighted by molar-refractivity contribution is 7.91. The van der Waals surface area contributed by atoms with E-state index >= 15 is 0 Å². The fourth-order valence-electron chi connectivity index (χ4n) is 2.17. The van der Waals surface area contributed by atoms with Crippen LogP contribution in [0, 0.1) is 5.92 Å². The second-order valence-corrected chi connectivity index (χ2v) is 7.31. The highest BCUT2D eigenvalue weighted by atomic mass is 32.2. The molecule has 1 atom stereocenters. The number of hydrogen-bond donors (Lipinski definition) is 3. The second kappa shape index (κ2) is 4.55. The van der Waals surface area contributed by atoms with Crippen molar-refractivity contribution >= 4 is 15.7 Å². The molecule has 0 spiro atoms. The van der Waals surface area contributed by atoms with Crippen LogP contribution in [0.5, 0.6) is 0 Å². The minimum Gasteiger partial charge on any atom is -0.385 e. The summed E-state index contributed by atoms with van der Waals surface area (Å²) in [5.41, 5.74) is -0.822. The number of sulfone groups is 1. The maximum absolute atomic E-state index is 11.6. The van der Waals surface area contributed by atoms with E-state index in [0.29, 0.717) is 19.5 Å². The number of amides is 1. The molecule has 1 unspecified atom stereocenters. The van der Waals surface area contributed by atoms with Crippen molar-refractivity contribution in [3.8, 4) is 0 Å². The predicted octanol–water partition coefficient (Wildman–Crippen LogP) is -1.74. The van der Waals surface area contributed by atoms with Crippen molar-refractivity contribution in [3.63, 3.8) is 0 Å². The Kier molecular flexibility index (Phi) is 3.42. The summed E-state index contributed by atoms with van der Waals surface area (Å²) >= 11 is 0. The highest BCUT2D eigenvalue weighted by Gasteiger charge is 2.35. The fourth-order valence-corrected chi connectivity index (χ4v) is 4.03. The summed E-state index contributed by atoms with van der Waals surface area (Å²) in [5, 5.41) is 15.3. The van der Waals surface area contributed by atoms with Crippen LogP contribution in [0.15, 0.2) is 0 Å². The lowest BCUT2D eigenvalue weighted by Gasteiger charge is -2.37. The molecule has 0 aliphatic carbocycles. The molecule has 0 aromatic heterocycles. The van der Waals surface area contributed by atoms with Gasteiger partial charge in [-0.25, -0.2) is 8.42 Å². The highest BCUT2D eigenvalue weighted by Crippen LogP contribution is 2.21. The van der Waals surface area contributed by atoms with Crippen LogP contribution in [-0.2, 0) is 14.6 Å². The van der Waals surface area contributed by atoms with Gasteiger partial charge in [0.25, 0.3) is 0 Å². The van der Waals surface area contributed by atoms with E-state index in [0.717, 1.165) is 0 Å². The molecule has 0 aromatic rings. The van der Waals surface area contributed by atoms with Gasteiger partial charge in [-0.1, -0.05) is 0 Å². The average Bonchev–Trinajstić information content (AvgIpc) is 2.52. The largest absolute Gasteiger partial charge is 0.385 e. The first-order valence-corrected chi connectivity index (χ1v) is 7.61. The van der Waals surface area contributed by atoms with Crippen molar-refractivity contribution in [2.45, 2.75) is 18.4 Å². The number of nitrogens with one attached hydrogen (secondary N) is 2. The van der Waals surface area contributed by atoms with E-state index in [1.54, 1.807) is 0 Å². The van der Waals surface area contributed by atoms with Crippen LogP contribution in [0.1, 0.15) is 12.8 Å². The van der Waals surface area contributed by atoms with Crippen LogP contribution >= 0.6 is 0 Å². The molecule has 98 valence electrons. The molecule has 0 saturated carbocycles. The first-order valence-electron chi connectivity index (χ1n) is 5.79. The number of hydrogen-bond acceptors (Lipinski definition) is 5. The number of rotatable bonds is 4. The molecule has 0 radical (unpaired) electrons. The SMILES string of the molecule is O=C(CC1CCS(=O)(=O)C1)NCC1(O)CNC1. The maximum atomic E-state index is 11.6. The Balaban J connectivity index is 1.71. The second-order valence-electron chi connectivity index (χ2n) is 5.08. The summed E-state index contributed by atoms with van der Waals surface area (Å²) in [5.74, 6) is 0.0759. The molecule has 2 aliphatic heterocycles. The molecule has 2 rings (SSSR count). The van der Waals surface area contributed by atoms with Gasteiger partial charge in [-0.15, -0.1) is 0 Å². The summed E-state index contributed by atoms with van der Waals surface area (Å²) < 4.78 is 22.4. The van der Waals surface area contributed by atoms with Gasteiger partial charge in [0.05, 0.1) is 11.5 Å². The zero-order valence-corrected chi connectivity index (χ0v) is 10.4. The molecule has 0 bridgehead atoms. The van der Waals surface area contributed by atoms with E-state index in [4.69, 9.17) is 0 Å². The third-order valence-corrected chi connectivity index (χ3v) is 5.16. The third kappa shape index (κ3) is 3.40. The number of aliphatic hydroxyl groups is 1. The van der Waals surface area contributed by atoms with Crippen LogP contribution in [0.25, 0.3) is 0 Å². The molecule has 6 nitrogen and oxygen atoms in total. The normalized spacial score (nSPS) is 29.6. The van der Waals surface area contributed by atoms with Gasteiger partial charge in [-0.05, 0) is 12.3 Å². The van der Waals surface area contributed by atoms with E-state index < -0.39 is 15.4 Å². The van der Waals surface area contributed by atoms with Gasteiger partial charge in [0, 0.05) is 26.1 Å². The van der Waals surface area contributed by atoms with Crippen LogP contribution < -0.4 is 10.6 Å². The number of β-amino-alcohol motifs (C(OH)–C–C–N with tert-alkyl or cyclic N) is 1. The van der Waals surface area contributed by atoms with Crippen molar-refractivity contribution in [2.75, 3.05) is 31.1 Å². The van der Waals surface area contributed by atoms with Crippen LogP contribution in [0.3, 0.4) is 0 Å². The Labute approximate surface area is 101 Å². The van der Waals surface area contributed by atoms with Crippen molar-refractivity contribution in [1.29, 1.82) is 0 Å². The summed E-state index contributed by atoms with van der Waals surface area (Å²) in [7, 11) is -2.92. The molecule has 0 aromatic carbocycles. The zero-order chi connectivity index (χ0) is 12.5. The zero-order valence-electron chi connectivity index (χ0n) is 9.61. The number of carbonyl (C=O) groups is 1. The molecule has 7 heteroatoms. The van der Waals surface area contributed by atoms with Crippen LogP contribution in [-0.4, -0.2) is 56.2 Å². The van der Waals surface area contributed by atoms with Gasteiger partial charge in [-0.2, -0.15) is 0 Å². The molecule has 1 amide bonds. The Bertz CT molecular complexity index is 403. The summed E-state index contributed by atoms with van der Waals surface area (Å²) in [6.45, 7) is 1.22. The molecular formula is C10H18N2O4S. The minimum absolute atomic E-state index is 0.0610. The Hall–Kier alpha value is -0.660. The predicted molar refractivity (Wildman–Crippen MR) is 62.2 cm³/mol. The van der Waals surface area contributed by atoms with Gasteiger partial charge in [0.1, 0.15) is 5.60 Å². The van der Waals surface area contributed by atoms with Crippen molar-refractivity contribution < 1.29 is 18.3 Å². The molecule has 2 fully saturated rings. The van der Waals surface area contributed by atoms with E-state index in [1.807, 2.05) is 0 Å². The molecule has 17 heavy (non-hydrogen) atoms. The molecule has 2 heterocycles. The smallest absolute Gasteiger partial charge is 0.220 e. The topological polar surface area (TPSA) is 95.5 Å². The van der Waals surface area contributed by atoms with Gasteiger partial charge < -0.3 is 15.7 Å². The Morgan fingerprint density at radius 1 is 1.47 bits per heavy atom. The van der Waals surface area contributed by atoms with Gasteiger partial charge in [0.15, 0.2) is 9.84 Å². The maximum Gasteiger partial charge on any atom is 0.220 e. The molecule has 2 aliphatic rings. The van der Waals surface area contributed by atoms with Crippen molar-refractivity contribution in [1.82, 2.24) is 10.6 Å². The first-order chi connectivity index (χ1) is 7.89. The van der Waals surface area contributed by atoms with Gasteiger partial charge in [0.2, 0.25) is 5.91 Å². The molecular weight excluding hydrogens is 244 g/mol. The lowest BCUT2D eigenvalue weighted by atomic mass is 9.97. The summed E-state index contributed by atoms with van der Waals surface area (Å²) in [6, 6.07) is 0. The van der Waals surface area contributed by atoms with E-state index in [2.05, 4.69) is 10.6 Å². The lowest BCUT2D eigenvalue weighted by molar-refractivity contribution is -0.123. The molecule has 2 saturated heterocycles. The average molecular weight is 262 g/mol. The van der Waals surface area contributed by atoms with Gasteiger partial charge >= 0.3 is 0 Å². The number of carbonyl (C=O) groups excluding carboxylic acids is 1. The summed E-state index contributed by atoms with van der Waals surface area (Å²) in [6.07, 6.45) is 0.810. The first kappa shape index (κ1) is 12.8. The van der Waals surface area contributed by atoms with Crippen LogP contribution in [0.2, 0.25) is 0 Å². The van der Waals surface area contributed by atoms with Crippen molar-refractivity contribution in [3.05, 3.63) is 0 Å². The fraction of sp³-hybridized carbons (Fsp3) is 0.900. The van der Waals surface area contributed by atoms with E-state index in [9.17, 15) is 18.3 Å². The third-order valence-electron chi connectivity index (χ3n) is 3.32. The quantitative estimate of drug-likeness (QED) is 0.559. The molecule has 3 N–H and O–H groups in total. The van der Waals surface area contributed by atoms with E-state index in [-0.39, 0.29) is 36.3 Å². The van der Waals surface area contributed by atoms with Crippen LogP contribution in [0.4, 0.5) is 0 Å². The summed E-state index contributed by atoms with van der Waals surface area (Å²) in [4.78, 5) is 11.6. The Morgan fingerprint density at radius 3 is 2.65 bits per heavy atom. The lowest BCUT2D eigenvalue weighted by Crippen LogP contribution is -2.64. The monoisotopic (exact) mass is 262 g/mol. The Morgan fingerprint density at radius 2 is 2.18 bits per heavy atom.